The maximum absolute atomic E-state index is 11.3. The van der Waals surface area contributed by atoms with Gasteiger partial charge in [0.1, 0.15) is 24.4 Å². The second-order valence-corrected chi connectivity index (χ2v) is 12.9. The summed E-state index contributed by atoms with van der Waals surface area (Å²) in [6.07, 6.45) is -2.98. The highest BCUT2D eigenvalue weighted by Crippen LogP contribution is 2.32. The van der Waals surface area contributed by atoms with Crippen LogP contribution in [0.25, 0.3) is 0 Å². The largest absolute Gasteiger partial charge is 0.481 e. The van der Waals surface area contributed by atoms with Crippen molar-refractivity contribution < 1.29 is 50.0 Å². The summed E-state index contributed by atoms with van der Waals surface area (Å²) in [5, 5.41) is 71.4. The van der Waals surface area contributed by atoms with Crippen LogP contribution in [-0.4, -0.2) is 97.3 Å². The molecule has 0 saturated carbocycles. The number of aliphatic hydroxyl groups excluding tert-OH is 6. The molecule has 246 valence electrons. The Labute approximate surface area is 252 Å². The molecule has 0 bridgehead atoms. The van der Waals surface area contributed by atoms with Crippen molar-refractivity contribution in [1.82, 2.24) is 0 Å². The van der Waals surface area contributed by atoms with Crippen LogP contribution in [0.3, 0.4) is 0 Å². The van der Waals surface area contributed by atoms with Gasteiger partial charge in [-0.2, -0.15) is 0 Å². The molecule has 10 nitrogen and oxygen atoms in total. The van der Waals surface area contributed by atoms with Crippen LogP contribution in [0, 0.1) is 35.5 Å². The minimum Gasteiger partial charge on any atom is -0.481 e. The van der Waals surface area contributed by atoms with Crippen LogP contribution in [-0.2, 0) is 14.3 Å². The summed E-state index contributed by atoms with van der Waals surface area (Å²) in [6.45, 7) is 16.7. The lowest BCUT2D eigenvalue weighted by Crippen LogP contribution is -2.60. The van der Waals surface area contributed by atoms with Crippen LogP contribution in [0.1, 0.15) is 81.6 Å². The molecule has 7 N–H and O–H groups in total. The maximum atomic E-state index is 11.3. The Bertz CT molecular complexity index is 873. The number of ether oxygens (including phenoxy) is 2. The molecule has 0 aromatic rings. The van der Waals surface area contributed by atoms with Crippen LogP contribution in [0.4, 0.5) is 0 Å². The summed E-state index contributed by atoms with van der Waals surface area (Å²) in [5.41, 5.74) is 1.12. The van der Waals surface area contributed by atoms with Crippen molar-refractivity contribution in [3.63, 3.8) is 0 Å². The predicted molar refractivity (Wildman–Crippen MR) is 160 cm³/mol. The first-order valence-corrected chi connectivity index (χ1v) is 15.4. The molecule has 1 aliphatic heterocycles. The third-order valence-corrected chi connectivity index (χ3v) is 8.84. The van der Waals surface area contributed by atoms with Gasteiger partial charge in [0.25, 0.3) is 0 Å². The van der Waals surface area contributed by atoms with Crippen LogP contribution < -0.4 is 0 Å². The molecule has 10 heteroatoms. The van der Waals surface area contributed by atoms with E-state index in [0.29, 0.717) is 23.0 Å². The van der Waals surface area contributed by atoms with Crippen LogP contribution in [0.5, 0.6) is 0 Å². The highest BCUT2D eigenvalue weighted by molar-refractivity contribution is 5.70. The SMILES string of the molecule is CCC(C)CC(C)CC(C)C(O[C@@H]1O[C@H](CO)[C@@H](O)[C@H](O)[C@@H]1O)C(C)/C=C(\C)C(O)C(C)/C=C(\C)C(O)C(C)C(=O)O. The number of aliphatic hydroxyl groups is 6. The zero-order valence-electron chi connectivity index (χ0n) is 26.9. The summed E-state index contributed by atoms with van der Waals surface area (Å²) in [7, 11) is 0. The fraction of sp³-hybridized carbons (Fsp3) is 0.844. The smallest absolute Gasteiger partial charge is 0.309 e. The van der Waals surface area contributed by atoms with Crippen LogP contribution in [0.2, 0.25) is 0 Å². The molecule has 14 atom stereocenters. The minimum atomic E-state index is -1.55. The van der Waals surface area contributed by atoms with Crippen molar-refractivity contribution in [3.05, 3.63) is 23.3 Å². The Kier molecular flexibility index (Phi) is 16.4. The number of aliphatic carboxylic acids is 1. The first-order valence-electron chi connectivity index (χ1n) is 15.4. The average Bonchev–Trinajstić information content (AvgIpc) is 2.93. The zero-order chi connectivity index (χ0) is 32.5. The van der Waals surface area contributed by atoms with Crippen LogP contribution in [0.15, 0.2) is 23.3 Å². The van der Waals surface area contributed by atoms with Gasteiger partial charge in [-0.1, -0.05) is 60.1 Å². The van der Waals surface area contributed by atoms with E-state index in [1.54, 1.807) is 26.8 Å². The van der Waals surface area contributed by atoms with E-state index >= 15 is 0 Å². The van der Waals surface area contributed by atoms with Gasteiger partial charge in [0.2, 0.25) is 0 Å². The number of carboxylic acids is 1. The molecule has 1 fully saturated rings. The number of carboxylic acid groups (broad SMARTS) is 1. The molecule has 9 unspecified atom stereocenters. The molecular weight excluding hydrogens is 544 g/mol. The van der Waals surface area contributed by atoms with E-state index in [2.05, 4.69) is 27.7 Å². The molecular formula is C32H58O10. The highest BCUT2D eigenvalue weighted by Gasteiger charge is 2.45. The number of rotatable bonds is 17. The molecule has 42 heavy (non-hydrogen) atoms. The lowest BCUT2D eigenvalue weighted by molar-refractivity contribution is -0.317. The Balaban J connectivity index is 3.23. The van der Waals surface area contributed by atoms with Gasteiger partial charge in [-0.15, -0.1) is 0 Å². The van der Waals surface area contributed by atoms with Crippen molar-refractivity contribution in [3.8, 4) is 0 Å². The lowest BCUT2D eigenvalue weighted by Gasteiger charge is -2.42. The van der Waals surface area contributed by atoms with E-state index in [9.17, 15) is 40.5 Å². The summed E-state index contributed by atoms with van der Waals surface area (Å²) in [4.78, 5) is 11.3. The summed E-state index contributed by atoms with van der Waals surface area (Å²) in [5.74, 6) is -1.82. The van der Waals surface area contributed by atoms with E-state index in [0.717, 1.165) is 19.3 Å². The monoisotopic (exact) mass is 602 g/mol. The van der Waals surface area contributed by atoms with Crippen LogP contribution >= 0.6 is 0 Å². The fourth-order valence-corrected chi connectivity index (χ4v) is 5.99. The Hall–Kier alpha value is -1.37. The standard InChI is InChI=1S/C32H58O10/c1-10-16(2)11-17(3)12-21(7)30(42-32-29(38)28(37)27(36)24(15-33)41-32)22(8)14-19(5)25(34)18(4)13-20(6)26(35)23(9)31(39)40/h13-14,16-18,21-30,32-38H,10-12,15H2,1-9H3,(H,39,40)/b19-14+,20-13+/t16?,17?,18?,21?,22?,23?,24-,25?,26?,27-,28+,29+,30?,32+/m1/s1. The van der Waals surface area contributed by atoms with Crippen molar-refractivity contribution in [2.45, 2.75) is 131 Å². The predicted octanol–water partition coefficient (Wildman–Crippen LogP) is 2.88. The van der Waals surface area contributed by atoms with E-state index in [4.69, 9.17) is 9.47 Å². The van der Waals surface area contributed by atoms with Crippen molar-refractivity contribution in [2.24, 2.45) is 35.5 Å². The van der Waals surface area contributed by atoms with Crippen molar-refractivity contribution in [1.29, 1.82) is 0 Å². The number of carbonyl (C=O) groups is 1. The van der Waals surface area contributed by atoms with Gasteiger partial charge in [0.15, 0.2) is 6.29 Å². The quantitative estimate of drug-likeness (QED) is 0.123. The van der Waals surface area contributed by atoms with Crippen molar-refractivity contribution >= 4 is 5.97 Å². The van der Waals surface area contributed by atoms with Gasteiger partial charge in [-0.25, -0.2) is 0 Å². The number of hydrogen-bond acceptors (Lipinski definition) is 9. The van der Waals surface area contributed by atoms with E-state index in [-0.39, 0.29) is 11.8 Å². The molecule has 0 spiro atoms. The molecule has 1 saturated heterocycles. The first kappa shape index (κ1) is 38.7. The second kappa shape index (κ2) is 17.8. The van der Waals surface area contributed by atoms with Gasteiger partial charge < -0.3 is 45.2 Å². The fourth-order valence-electron chi connectivity index (χ4n) is 5.99. The molecule has 0 aromatic heterocycles. The van der Waals surface area contributed by atoms with Gasteiger partial charge in [-0.05, 0) is 62.5 Å². The number of hydrogen-bond donors (Lipinski definition) is 7. The van der Waals surface area contributed by atoms with Gasteiger partial charge in [0, 0.05) is 11.8 Å². The average molecular weight is 603 g/mol. The van der Waals surface area contributed by atoms with E-state index < -0.39 is 73.4 Å². The lowest BCUT2D eigenvalue weighted by atomic mass is 9.82. The van der Waals surface area contributed by atoms with Crippen molar-refractivity contribution in [2.75, 3.05) is 6.61 Å². The summed E-state index contributed by atoms with van der Waals surface area (Å²) in [6, 6.07) is 0. The van der Waals surface area contributed by atoms with E-state index in [1.807, 2.05) is 13.0 Å². The third-order valence-electron chi connectivity index (χ3n) is 8.84. The summed E-state index contributed by atoms with van der Waals surface area (Å²) >= 11 is 0. The molecule has 1 aliphatic rings. The normalized spacial score (nSPS) is 30.5. The van der Waals surface area contributed by atoms with Gasteiger partial charge in [-0.3, -0.25) is 4.79 Å². The molecule has 1 heterocycles. The Morgan fingerprint density at radius 2 is 1.38 bits per heavy atom. The highest BCUT2D eigenvalue weighted by atomic mass is 16.7. The first-order chi connectivity index (χ1) is 19.5. The maximum Gasteiger partial charge on any atom is 0.309 e. The Morgan fingerprint density at radius 3 is 1.90 bits per heavy atom. The molecule has 0 aromatic carbocycles. The van der Waals surface area contributed by atoms with Gasteiger partial charge >= 0.3 is 5.97 Å². The zero-order valence-corrected chi connectivity index (χ0v) is 26.9. The Morgan fingerprint density at radius 1 is 0.833 bits per heavy atom. The molecule has 0 aliphatic carbocycles. The summed E-state index contributed by atoms with van der Waals surface area (Å²) < 4.78 is 12.0. The van der Waals surface area contributed by atoms with Gasteiger partial charge in [0.05, 0.1) is 30.8 Å². The second-order valence-electron chi connectivity index (χ2n) is 12.9. The molecule has 0 radical (unpaired) electrons. The minimum absolute atomic E-state index is 0.0140. The van der Waals surface area contributed by atoms with E-state index in [1.165, 1.54) is 6.92 Å². The molecule has 1 rings (SSSR count). The topological polar surface area (TPSA) is 177 Å². The third kappa shape index (κ3) is 11.0. The molecule has 0 amide bonds.